The Bertz CT molecular complexity index is 2860. The number of rotatable bonds is 36. The number of amides is 10. The van der Waals surface area contributed by atoms with Gasteiger partial charge in [-0.1, -0.05) is 192 Å². The van der Waals surface area contributed by atoms with Crippen LogP contribution in [0.25, 0.3) is 0 Å². The van der Waals surface area contributed by atoms with Gasteiger partial charge in [-0.05, 0) is 79.5 Å². The average molecular weight is 1310 g/mol. The zero-order chi connectivity index (χ0) is 68.9. The first-order valence-electron chi connectivity index (χ1n) is 31.8. The first kappa shape index (κ1) is 78.1. The number of nitrogens with two attached hydrogens (primary N) is 2. The number of benzene rings is 4. The summed E-state index contributed by atoms with van der Waals surface area (Å²) in [5.41, 5.74) is 13.8. The number of hydrogen-bond donors (Lipinski definition) is 11. The number of halogens is 1. The molecular formula is C68H101FN10O11Si2. The van der Waals surface area contributed by atoms with E-state index < -0.39 is 88.1 Å². The van der Waals surface area contributed by atoms with E-state index in [2.05, 4.69) is 42.5 Å². The summed E-state index contributed by atoms with van der Waals surface area (Å²) in [5.74, 6) is -5.31. The van der Waals surface area contributed by atoms with Crippen LogP contribution < -0.4 is 64.4 Å². The Hall–Kier alpha value is -8.10. The van der Waals surface area contributed by atoms with E-state index in [0.717, 1.165) is 32.6 Å². The van der Waals surface area contributed by atoms with Gasteiger partial charge in [-0.2, -0.15) is 0 Å². The molecule has 4 rings (SSSR count). The lowest BCUT2D eigenvalue weighted by atomic mass is 10.0. The van der Waals surface area contributed by atoms with Crippen molar-refractivity contribution in [2.75, 3.05) is 26.2 Å². The fourth-order valence-electron chi connectivity index (χ4n) is 10.7. The molecule has 0 saturated heterocycles. The quantitative estimate of drug-likeness (QED) is 0.0228. The predicted octanol–water partition coefficient (Wildman–Crippen LogP) is 4.10. The predicted molar refractivity (Wildman–Crippen MR) is 361 cm³/mol. The standard InChI is InChI=1S/C34H50FN5O5Si.C34H51N5O6Si/c1-22(2)32(40-30(42)16-15-26-13-10-14-27(19-26)46(35,23(3)4)24(5)6)34(45)37-18-17-31(43)39-28(33(44)38-21-29(36)41)20-25-11-8-7-9-12-25;1-22(2)32(39-30(41)16-15-26-13-10-14-27(19-26)46(45,23(3)4)24(5)6)34(44)36-18-17-31(42)38-28(33(43)37-21-29(35)40)20-25-11-8-7-9-12-25/h7-14,19,22-24,28,32H,15-18,20-21H2,1-6H3,(H2,36,41)(H,37,45)(H,38,44)(H,39,43)(H,40,42);7-14,19,22-24,28,32,45H,15-18,20-21H2,1-6H3,(H2,35,40)(H,36,44)(H,37,43)(H,38,42)(H,39,41)/t2*28-,32-/m00/s1. The van der Waals surface area contributed by atoms with Crippen LogP contribution in [0.4, 0.5) is 4.11 Å². The number of aryl methyl sites for hydroxylation is 2. The highest BCUT2D eigenvalue weighted by atomic mass is 28.4. The van der Waals surface area contributed by atoms with E-state index in [1.165, 1.54) is 0 Å². The molecule has 0 spiro atoms. The fraction of sp³-hybridized carbons (Fsp3) is 0.500. The normalized spacial score (nSPS) is 12.8. The zero-order valence-corrected chi connectivity index (χ0v) is 57.7. The summed E-state index contributed by atoms with van der Waals surface area (Å²) in [6.45, 7) is 22.4. The zero-order valence-electron chi connectivity index (χ0n) is 55.7. The Morgan fingerprint density at radius 3 is 1.09 bits per heavy atom. The van der Waals surface area contributed by atoms with Crippen molar-refractivity contribution in [1.82, 2.24) is 42.5 Å². The summed E-state index contributed by atoms with van der Waals surface area (Å²) in [7, 11) is -5.91. The average Bonchev–Trinajstić information content (AvgIpc) is 0.831. The van der Waals surface area contributed by atoms with Gasteiger partial charge in [-0.25, -0.2) is 0 Å². The van der Waals surface area contributed by atoms with Crippen LogP contribution in [0.1, 0.15) is 131 Å². The van der Waals surface area contributed by atoms with E-state index in [1.807, 2.05) is 192 Å². The molecular weight excluding hydrogens is 1210 g/mol. The third-order valence-electron chi connectivity index (χ3n) is 16.1. The molecule has 0 unspecified atom stereocenters. The van der Waals surface area contributed by atoms with Crippen molar-refractivity contribution in [1.29, 1.82) is 0 Å². The highest BCUT2D eigenvalue weighted by Crippen LogP contribution is 2.34. The van der Waals surface area contributed by atoms with E-state index in [9.17, 15) is 52.7 Å². The molecule has 92 heavy (non-hydrogen) atoms. The second-order valence-electron chi connectivity index (χ2n) is 25.3. The van der Waals surface area contributed by atoms with E-state index >= 15 is 4.11 Å². The van der Waals surface area contributed by atoms with Crippen molar-refractivity contribution in [3.63, 3.8) is 0 Å². The summed E-state index contributed by atoms with van der Waals surface area (Å²) in [4.78, 5) is 136. The second kappa shape index (κ2) is 38.7. The first-order valence-corrected chi connectivity index (χ1v) is 36.0. The lowest BCUT2D eigenvalue weighted by Gasteiger charge is -2.34. The molecule has 504 valence electrons. The van der Waals surface area contributed by atoms with Crippen LogP contribution >= 0.6 is 0 Å². The Morgan fingerprint density at radius 2 is 0.750 bits per heavy atom. The van der Waals surface area contributed by atoms with Crippen molar-refractivity contribution in [2.24, 2.45) is 23.3 Å². The largest absolute Gasteiger partial charge is 0.427 e. The molecule has 0 aromatic heterocycles. The van der Waals surface area contributed by atoms with Crippen molar-refractivity contribution in [3.8, 4) is 0 Å². The SMILES string of the molecule is CC(C)[C@H](NC(=O)CCc1cccc([Si](F)(C(C)C)C(C)C)c1)C(=O)NCCC(=O)N[C@@H](Cc1ccccc1)C(=O)NCC(N)=O.CC(C)[C@H](NC(=O)CCc1cccc([Si](O)(C(C)C)C(C)C)c1)C(=O)NCCC(=O)N[C@@H](Cc1ccccc1)C(=O)NCC(N)=O. The minimum absolute atomic E-state index is 0.00396. The fourth-order valence-corrected chi connectivity index (χ4v) is 17.6. The number of primary amides is 2. The van der Waals surface area contributed by atoms with Crippen LogP contribution in [-0.2, 0) is 73.6 Å². The van der Waals surface area contributed by atoms with Crippen molar-refractivity contribution in [3.05, 3.63) is 131 Å². The van der Waals surface area contributed by atoms with Gasteiger partial charge in [0.05, 0.1) is 13.1 Å². The molecule has 21 nitrogen and oxygen atoms in total. The molecule has 0 bridgehead atoms. The molecule has 24 heteroatoms. The van der Waals surface area contributed by atoms with Gasteiger partial charge in [0, 0.05) is 51.6 Å². The lowest BCUT2D eigenvalue weighted by molar-refractivity contribution is -0.131. The number of hydrogen-bond acceptors (Lipinski definition) is 11. The number of carbonyl (C=O) groups excluding carboxylic acids is 10. The van der Waals surface area contributed by atoms with Crippen molar-refractivity contribution >= 4 is 86.2 Å². The molecule has 0 heterocycles. The van der Waals surface area contributed by atoms with Gasteiger partial charge in [-0.3, -0.25) is 47.9 Å². The lowest BCUT2D eigenvalue weighted by Crippen LogP contribution is -2.53. The Balaban J connectivity index is 0.000000480. The topological polar surface area (TPSA) is 339 Å². The maximum atomic E-state index is 16.1. The highest BCUT2D eigenvalue weighted by molar-refractivity contribution is 6.88. The van der Waals surface area contributed by atoms with Crippen molar-refractivity contribution < 1.29 is 56.8 Å². The van der Waals surface area contributed by atoms with E-state index in [-0.39, 0.29) is 111 Å². The molecule has 0 aliphatic rings. The smallest absolute Gasteiger partial charge is 0.282 e. The molecule has 0 aliphatic heterocycles. The van der Waals surface area contributed by atoms with Crippen LogP contribution in [-0.4, -0.2) is 131 Å². The number of nitrogens with one attached hydrogen (secondary N) is 8. The van der Waals surface area contributed by atoms with Crippen LogP contribution in [0.3, 0.4) is 0 Å². The van der Waals surface area contributed by atoms with Crippen LogP contribution in [0, 0.1) is 11.8 Å². The van der Waals surface area contributed by atoms with E-state index in [0.29, 0.717) is 12.8 Å². The first-order chi connectivity index (χ1) is 43.3. The van der Waals surface area contributed by atoms with Crippen LogP contribution in [0.5, 0.6) is 0 Å². The van der Waals surface area contributed by atoms with Crippen LogP contribution in [0.2, 0.25) is 22.2 Å². The second-order valence-corrected chi connectivity index (χ2v) is 34.2. The third kappa shape index (κ3) is 25.9. The van der Waals surface area contributed by atoms with Crippen molar-refractivity contribution in [2.45, 2.75) is 181 Å². The molecule has 4 aromatic carbocycles. The molecule has 13 N–H and O–H groups in total. The van der Waals surface area contributed by atoms with Gasteiger partial charge in [0.15, 0.2) is 0 Å². The van der Waals surface area contributed by atoms with Gasteiger partial charge in [0.25, 0.3) is 8.41 Å². The summed E-state index contributed by atoms with van der Waals surface area (Å²) in [6, 6.07) is 29.9. The van der Waals surface area contributed by atoms with E-state index in [1.54, 1.807) is 0 Å². The third-order valence-corrected chi connectivity index (χ3v) is 25.4. The van der Waals surface area contributed by atoms with Gasteiger partial charge in [-0.15, -0.1) is 0 Å². The monoisotopic (exact) mass is 1310 g/mol. The summed E-state index contributed by atoms with van der Waals surface area (Å²) in [5, 5.41) is 22.9. The van der Waals surface area contributed by atoms with Crippen LogP contribution in [0.15, 0.2) is 109 Å². The molecule has 0 aliphatic carbocycles. The molecule has 0 saturated carbocycles. The summed E-state index contributed by atoms with van der Waals surface area (Å²) in [6.07, 6.45) is 1.36. The number of carbonyl (C=O) groups is 10. The molecule has 4 atom stereocenters. The Kier molecular flexibility index (Phi) is 32.9. The molecule has 0 radical (unpaired) electrons. The van der Waals surface area contributed by atoms with Gasteiger partial charge < -0.3 is 62.9 Å². The summed E-state index contributed by atoms with van der Waals surface area (Å²) >= 11 is 0. The minimum Gasteiger partial charge on any atom is -0.427 e. The van der Waals surface area contributed by atoms with Gasteiger partial charge in [0.1, 0.15) is 24.2 Å². The maximum absolute atomic E-state index is 16.1. The molecule has 0 fully saturated rings. The Morgan fingerprint density at radius 1 is 0.413 bits per heavy atom. The van der Waals surface area contributed by atoms with Gasteiger partial charge in [0.2, 0.25) is 67.4 Å². The molecule has 10 amide bonds. The van der Waals surface area contributed by atoms with E-state index in [4.69, 9.17) is 11.5 Å². The Labute approximate surface area is 544 Å². The highest BCUT2D eigenvalue weighted by Gasteiger charge is 2.44. The maximum Gasteiger partial charge on any atom is 0.282 e. The molecule has 4 aromatic rings. The van der Waals surface area contributed by atoms with Gasteiger partial charge >= 0.3 is 0 Å². The summed E-state index contributed by atoms with van der Waals surface area (Å²) < 4.78 is 16.1. The minimum atomic E-state index is -3.20.